The van der Waals surface area contributed by atoms with Gasteiger partial charge in [-0.15, -0.1) is 0 Å². The number of rotatable bonds is 3. The van der Waals surface area contributed by atoms with Crippen LogP contribution in [-0.4, -0.2) is 59.8 Å². The van der Waals surface area contributed by atoms with E-state index >= 15 is 0 Å². The van der Waals surface area contributed by atoms with Crippen molar-refractivity contribution < 1.29 is 27.5 Å². The predicted octanol–water partition coefficient (Wildman–Crippen LogP) is 0.0155. The van der Waals surface area contributed by atoms with Gasteiger partial charge < -0.3 is 15.0 Å². The molecule has 0 radical (unpaired) electrons. The first-order valence-electron chi connectivity index (χ1n) is 6.03. The van der Waals surface area contributed by atoms with E-state index in [1.165, 1.54) is 4.90 Å². The van der Waals surface area contributed by atoms with Crippen LogP contribution in [0.4, 0.5) is 13.2 Å². The molecule has 7 nitrogen and oxygen atoms in total. The van der Waals surface area contributed by atoms with Gasteiger partial charge in [0.15, 0.2) is 5.69 Å². The number of halogens is 3. The maximum Gasteiger partial charge on any atom is 0.432 e. The number of nitrogens with zero attached hydrogens (tertiary/aromatic N) is 2. The summed E-state index contributed by atoms with van der Waals surface area (Å²) in [4.78, 5) is 24.3. The second-order valence-corrected chi connectivity index (χ2v) is 4.58. The maximum absolute atomic E-state index is 12.4. The number of amides is 2. The van der Waals surface area contributed by atoms with Gasteiger partial charge in [0.05, 0.1) is 6.10 Å². The van der Waals surface area contributed by atoms with E-state index in [9.17, 15) is 22.8 Å². The summed E-state index contributed by atoms with van der Waals surface area (Å²) in [6.45, 7) is 0.288. The molecule has 2 N–H and O–H groups in total. The molecule has 1 atom stereocenters. The largest absolute Gasteiger partial charge is 0.432 e. The third-order valence-electron chi connectivity index (χ3n) is 2.95. The van der Waals surface area contributed by atoms with E-state index in [-0.39, 0.29) is 24.8 Å². The highest BCUT2D eigenvalue weighted by atomic mass is 19.4. The summed E-state index contributed by atoms with van der Waals surface area (Å²) in [6.07, 6.45) is -4.99. The van der Waals surface area contributed by atoms with Crippen molar-refractivity contribution in [1.29, 1.82) is 0 Å². The highest BCUT2D eigenvalue weighted by molar-refractivity contribution is 5.92. The van der Waals surface area contributed by atoms with Crippen LogP contribution >= 0.6 is 0 Å². The Morgan fingerprint density at radius 1 is 1.62 bits per heavy atom. The van der Waals surface area contributed by atoms with Crippen molar-refractivity contribution in [1.82, 2.24) is 20.4 Å². The van der Waals surface area contributed by atoms with Crippen LogP contribution in [0.25, 0.3) is 0 Å². The van der Waals surface area contributed by atoms with Crippen LogP contribution in [0.5, 0.6) is 0 Å². The molecule has 0 aliphatic carbocycles. The van der Waals surface area contributed by atoms with E-state index in [4.69, 9.17) is 4.74 Å². The lowest BCUT2D eigenvalue weighted by Crippen LogP contribution is -2.48. The molecule has 0 aromatic carbocycles. The number of morpholine rings is 1. The fraction of sp³-hybridized carbons (Fsp3) is 0.545. The fourth-order valence-electron chi connectivity index (χ4n) is 1.76. The van der Waals surface area contributed by atoms with Crippen LogP contribution < -0.4 is 5.32 Å². The summed E-state index contributed by atoms with van der Waals surface area (Å²) < 4.78 is 42.3. The summed E-state index contributed by atoms with van der Waals surface area (Å²) >= 11 is 0. The molecule has 1 aromatic heterocycles. The number of hydrogen-bond acceptors (Lipinski definition) is 4. The molecule has 116 valence electrons. The summed E-state index contributed by atoms with van der Waals surface area (Å²) in [5.74, 6) is -0.912. The minimum Gasteiger partial charge on any atom is -0.365 e. The summed E-state index contributed by atoms with van der Waals surface area (Å²) in [6, 6.07) is 0.632. The molecule has 1 saturated heterocycles. The highest BCUT2D eigenvalue weighted by Gasteiger charge is 2.34. The molecule has 1 unspecified atom stereocenters. The van der Waals surface area contributed by atoms with Gasteiger partial charge in [0.1, 0.15) is 12.3 Å². The zero-order chi connectivity index (χ0) is 15.6. The van der Waals surface area contributed by atoms with Crippen molar-refractivity contribution in [3.05, 3.63) is 17.5 Å². The smallest absolute Gasteiger partial charge is 0.365 e. The quantitative estimate of drug-likeness (QED) is 0.824. The number of hydrogen-bond donors (Lipinski definition) is 2. The molecular weight excluding hydrogens is 293 g/mol. The molecule has 1 aliphatic heterocycles. The van der Waals surface area contributed by atoms with Crippen LogP contribution in [0.1, 0.15) is 16.2 Å². The van der Waals surface area contributed by atoms with Gasteiger partial charge in [-0.2, -0.15) is 18.3 Å². The highest BCUT2D eigenvalue weighted by Crippen LogP contribution is 2.27. The summed E-state index contributed by atoms with van der Waals surface area (Å²) in [5.41, 5.74) is -1.45. The molecule has 2 amide bonds. The maximum atomic E-state index is 12.4. The van der Waals surface area contributed by atoms with Gasteiger partial charge in [-0.25, -0.2) is 0 Å². The Kier molecular flexibility index (Phi) is 4.16. The normalized spacial score (nSPS) is 19.7. The van der Waals surface area contributed by atoms with Gasteiger partial charge in [0, 0.05) is 26.2 Å². The molecule has 1 aliphatic rings. The zero-order valence-corrected chi connectivity index (χ0v) is 11.0. The Labute approximate surface area is 117 Å². The lowest BCUT2D eigenvalue weighted by atomic mass is 10.2. The first-order valence-corrected chi connectivity index (χ1v) is 6.03. The molecule has 2 rings (SSSR count). The Balaban J connectivity index is 1.87. The van der Waals surface area contributed by atoms with E-state index in [0.29, 0.717) is 12.6 Å². The fourth-order valence-corrected chi connectivity index (χ4v) is 1.76. The minimum atomic E-state index is -4.58. The van der Waals surface area contributed by atoms with E-state index in [0.717, 1.165) is 0 Å². The van der Waals surface area contributed by atoms with Crippen molar-refractivity contribution in [2.24, 2.45) is 0 Å². The number of ether oxygens (including phenoxy) is 1. The minimum absolute atomic E-state index is 0.0741. The average molecular weight is 306 g/mol. The van der Waals surface area contributed by atoms with Gasteiger partial charge in [0.2, 0.25) is 5.91 Å². The third-order valence-corrected chi connectivity index (χ3v) is 2.95. The molecule has 21 heavy (non-hydrogen) atoms. The molecule has 1 aromatic rings. The number of carbonyl (C=O) groups is 2. The van der Waals surface area contributed by atoms with E-state index < -0.39 is 23.9 Å². The number of H-pyrrole nitrogens is 1. The number of alkyl halides is 3. The number of aromatic nitrogens is 2. The van der Waals surface area contributed by atoms with Crippen molar-refractivity contribution >= 4 is 11.8 Å². The monoisotopic (exact) mass is 306 g/mol. The van der Waals surface area contributed by atoms with Gasteiger partial charge in [-0.1, -0.05) is 0 Å². The van der Waals surface area contributed by atoms with Crippen molar-refractivity contribution in [3.8, 4) is 0 Å². The second kappa shape index (κ2) is 5.72. The second-order valence-electron chi connectivity index (χ2n) is 4.58. The van der Waals surface area contributed by atoms with Gasteiger partial charge in [-0.05, 0) is 0 Å². The van der Waals surface area contributed by atoms with Crippen molar-refractivity contribution in [2.45, 2.75) is 12.3 Å². The summed E-state index contributed by atoms with van der Waals surface area (Å²) in [5, 5.41) is 7.49. The SMILES string of the molecule is CN1CC(CNC(=O)c2cc(C(F)(F)F)[nH]n2)OCC1=O. The zero-order valence-electron chi connectivity index (χ0n) is 11.0. The van der Waals surface area contributed by atoms with Gasteiger partial charge in [0.25, 0.3) is 5.91 Å². The molecule has 0 spiro atoms. The van der Waals surface area contributed by atoms with E-state index in [2.05, 4.69) is 10.4 Å². The first kappa shape index (κ1) is 15.3. The molecule has 1 fully saturated rings. The lowest BCUT2D eigenvalue weighted by molar-refractivity contribution is -0.146. The van der Waals surface area contributed by atoms with Crippen molar-refractivity contribution in [2.75, 3.05) is 26.7 Å². The Morgan fingerprint density at radius 3 is 2.90 bits per heavy atom. The molecule has 0 saturated carbocycles. The van der Waals surface area contributed by atoms with Crippen LogP contribution in [0, 0.1) is 0 Å². The van der Waals surface area contributed by atoms with Crippen LogP contribution in [-0.2, 0) is 15.7 Å². The number of nitrogens with one attached hydrogen (secondary N) is 2. The summed E-state index contributed by atoms with van der Waals surface area (Å²) in [7, 11) is 1.60. The number of carbonyl (C=O) groups excluding carboxylic acids is 2. The Morgan fingerprint density at radius 2 is 2.33 bits per heavy atom. The standard InChI is InChI=1S/C11H13F3N4O3/c1-18-4-6(21-5-9(18)19)3-15-10(20)7-2-8(17-16-7)11(12,13)14/h2,6H,3-5H2,1H3,(H,15,20)(H,16,17). The van der Waals surface area contributed by atoms with Gasteiger partial charge in [-0.3, -0.25) is 14.7 Å². The number of aromatic amines is 1. The number of likely N-dealkylation sites (N-methyl/N-ethyl adjacent to an activating group) is 1. The third kappa shape index (κ3) is 3.72. The Bertz CT molecular complexity index is 543. The van der Waals surface area contributed by atoms with Crippen LogP contribution in [0.15, 0.2) is 6.07 Å². The molecule has 0 bridgehead atoms. The average Bonchev–Trinajstić information content (AvgIpc) is 2.89. The Hall–Kier alpha value is -2.10. The van der Waals surface area contributed by atoms with E-state index in [1.54, 1.807) is 12.1 Å². The first-order chi connectivity index (χ1) is 9.77. The van der Waals surface area contributed by atoms with Crippen molar-refractivity contribution in [3.63, 3.8) is 0 Å². The van der Waals surface area contributed by atoms with Gasteiger partial charge >= 0.3 is 6.18 Å². The molecule has 10 heteroatoms. The van der Waals surface area contributed by atoms with E-state index in [1.807, 2.05) is 0 Å². The van der Waals surface area contributed by atoms with Crippen LogP contribution in [0.3, 0.4) is 0 Å². The molecular formula is C11H13F3N4O3. The lowest BCUT2D eigenvalue weighted by Gasteiger charge is -2.29. The molecule has 2 heterocycles. The topological polar surface area (TPSA) is 87.3 Å². The predicted molar refractivity (Wildman–Crippen MR) is 63.3 cm³/mol. The van der Waals surface area contributed by atoms with Crippen LogP contribution in [0.2, 0.25) is 0 Å².